The number of aliphatic hydroxyl groups is 2. The van der Waals surface area contributed by atoms with E-state index in [9.17, 15) is 10.2 Å². The maximum atomic E-state index is 11.8. The quantitative estimate of drug-likeness (QED) is 0.783. The average molecular weight is 320 g/mol. The molecule has 0 amide bonds. The predicted octanol–water partition coefficient (Wildman–Crippen LogP) is 3.31. The van der Waals surface area contributed by atoms with E-state index in [0.29, 0.717) is 29.9 Å². The number of hydrogen-bond acceptors (Lipinski definition) is 3. The third kappa shape index (κ3) is 1.96. The lowest BCUT2D eigenvalue weighted by molar-refractivity contribution is -0.112. The van der Waals surface area contributed by atoms with Gasteiger partial charge in [-0.2, -0.15) is 0 Å². The van der Waals surface area contributed by atoms with Crippen LogP contribution in [0.25, 0.3) is 0 Å². The van der Waals surface area contributed by atoms with Crippen molar-refractivity contribution in [1.82, 2.24) is 0 Å². The molecule has 0 saturated heterocycles. The Bertz CT molecular complexity index is 852. The van der Waals surface area contributed by atoms with Gasteiger partial charge in [0.05, 0.1) is 13.2 Å². The van der Waals surface area contributed by atoms with E-state index in [2.05, 4.69) is 0 Å². The van der Waals surface area contributed by atoms with Crippen LogP contribution in [0.2, 0.25) is 0 Å². The summed E-state index contributed by atoms with van der Waals surface area (Å²) in [5.41, 5.74) is 0.737. The Morgan fingerprint density at radius 3 is 2.17 bits per heavy atom. The molecule has 3 nitrogen and oxygen atoms in total. The number of benzene rings is 2. The van der Waals surface area contributed by atoms with Crippen LogP contribution >= 0.6 is 0 Å². The highest BCUT2D eigenvalue weighted by molar-refractivity contribution is 5.52. The van der Waals surface area contributed by atoms with Crippen molar-refractivity contribution in [2.24, 2.45) is 0 Å². The van der Waals surface area contributed by atoms with Gasteiger partial charge < -0.3 is 14.9 Å². The minimum absolute atomic E-state index is 0.388. The zero-order valence-electron chi connectivity index (χ0n) is 13.6. The van der Waals surface area contributed by atoms with E-state index >= 15 is 0 Å². The molecule has 2 unspecified atom stereocenters. The predicted molar refractivity (Wildman–Crippen MR) is 92.1 cm³/mol. The molecule has 0 saturated carbocycles. The normalized spacial score (nSPS) is 28.5. The van der Waals surface area contributed by atoms with Crippen LogP contribution in [0.15, 0.2) is 72.3 Å². The van der Waals surface area contributed by atoms with Gasteiger partial charge in [0.15, 0.2) is 0 Å². The second-order valence-corrected chi connectivity index (χ2v) is 6.49. The molecule has 24 heavy (non-hydrogen) atoms. The molecule has 3 heteroatoms. The van der Waals surface area contributed by atoms with Crippen molar-refractivity contribution in [3.8, 4) is 0 Å². The van der Waals surface area contributed by atoms with E-state index in [1.807, 2.05) is 67.6 Å². The van der Waals surface area contributed by atoms with Crippen LogP contribution < -0.4 is 0 Å². The molecule has 1 aliphatic heterocycles. The minimum atomic E-state index is -1.55. The number of hydrogen-bond donors (Lipinski definition) is 2. The standard InChI is InChI=1S/C21H20O3/c1-15-7-6-12-20(22)18-10-4-2-8-16(18)13-24-14-17-9-3-5-11-19(17)21(15,20)23/h2-12,22-23H,13-14H2,1H3. The van der Waals surface area contributed by atoms with Crippen molar-refractivity contribution in [3.63, 3.8) is 0 Å². The van der Waals surface area contributed by atoms with Crippen molar-refractivity contribution in [2.75, 3.05) is 0 Å². The molecule has 1 heterocycles. The van der Waals surface area contributed by atoms with Crippen LogP contribution in [0.5, 0.6) is 0 Å². The average Bonchev–Trinajstić information content (AvgIpc) is 2.63. The maximum absolute atomic E-state index is 11.8. The highest BCUT2D eigenvalue weighted by Gasteiger charge is 2.54. The van der Waals surface area contributed by atoms with Crippen molar-refractivity contribution < 1.29 is 14.9 Å². The zero-order chi connectivity index (χ0) is 16.8. The summed E-state index contributed by atoms with van der Waals surface area (Å²) in [7, 11) is 0. The molecular formula is C21H20O3. The van der Waals surface area contributed by atoms with Gasteiger partial charge in [-0.3, -0.25) is 0 Å². The molecule has 0 bridgehead atoms. The Morgan fingerprint density at radius 1 is 0.875 bits per heavy atom. The molecule has 4 rings (SSSR count). The van der Waals surface area contributed by atoms with Gasteiger partial charge in [-0.1, -0.05) is 60.7 Å². The Kier molecular flexibility index (Phi) is 3.46. The Morgan fingerprint density at radius 2 is 1.46 bits per heavy atom. The van der Waals surface area contributed by atoms with Crippen LogP contribution in [-0.2, 0) is 29.2 Å². The molecule has 0 spiro atoms. The molecule has 2 aromatic carbocycles. The highest BCUT2D eigenvalue weighted by atomic mass is 16.5. The van der Waals surface area contributed by atoms with E-state index < -0.39 is 11.2 Å². The van der Waals surface area contributed by atoms with Gasteiger partial charge in [-0.05, 0) is 40.8 Å². The van der Waals surface area contributed by atoms with E-state index in [4.69, 9.17) is 4.74 Å². The molecule has 1 aliphatic carbocycles. The molecule has 0 fully saturated rings. The Hall–Kier alpha value is -2.20. The number of rotatable bonds is 0. The monoisotopic (exact) mass is 320 g/mol. The summed E-state index contributed by atoms with van der Waals surface area (Å²) < 4.78 is 5.87. The summed E-state index contributed by atoms with van der Waals surface area (Å²) >= 11 is 0. The molecule has 0 radical (unpaired) electrons. The Labute approximate surface area is 141 Å². The summed E-state index contributed by atoms with van der Waals surface area (Å²) in [5.74, 6) is 0. The summed E-state index contributed by atoms with van der Waals surface area (Å²) in [4.78, 5) is 0. The fourth-order valence-corrected chi connectivity index (χ4v) is 3.86. The second-order valence-electron chi connectivity index (χ2n) is 6.49. The first-order valence-corrected chi connectivity index (χ1v) is 8.13. The molecule has 2 aliphatic rings. The summed E-state index contributed by atoms with van der Waals surface area (Å²) in [5, 5.41) is 23.5. The zero-order valence-corrected chi connectivity index (χ0v) is 13.6. The van der Waals surface area contributed by atoms with Gasteiger partial charge >= 0.3 is 0 Å². The number of ether oxygens (including phenoxy) is 1. The lowest BCUT2D eigenvalue weighted by atomic mass is 9.66. The van der Waals surface area contributed by atoms with Crippen molar-refractivity contribution in [1.29, 1.82) is 0 Å². The van der Waals surface area contributed by atoms with E-state index in [0.717, 1.165) is 11.1 Å². The van der Waals surface area contributed by atoms with Crippen molar-refractivity contribution >= 4 is 0 Å². The van der Waals surface area contributed by atoms with Gasteiger partial charge in [-0.25, -0.2) is 0 Å². The first-order valence-electron chi connectivity index (χ1n) is 8.13. The smallest absolute Gasteiger partial charge is 0.147 e. The molecule has 2 N–H and O–H groups in total. The second kappa shape index (κ2) is 5.42. The van der Waals surface area contributed by atoms with Gasteiger partial charge in [-0.15, -0.1) is 0 Å². The topological polar surface area (TPSA) is 49.7 Å². The maximum Gasteiger partial charge on any atom is 0.147 e. The van der Waals surface area contributed by atoms with Crippen LogP contribution in [0.4, 0.5) is 0 Å². The number of fused-ring (bicyclic) bond motifs is 5. The fraction of sp³-hybridized carbons (Fsp3) is 0.238. The van der Waals surface area contributed by atoms with Gasteiger partial charge in [0.1, 0.15) is 11.2 Å². The summed E-state index contributed by atoms with van der Waals surface area (Å²) in [6.07, 6.45) is 5.34. The van der Waals surface area contributed by atoms with Crippen molar-refractivity contribution in [3.05, 3.63) is 94.6 Å². The molecule has 0 aromatic heterocycles. The van der Waals surface area contributed by atoms with Crippen molar-refractivity contribution in [2.45, 2.75) is 31.3 Å². The molecular weight excluding hydrogens is 300 g/mol. The highest BCUT2D eigenvalue weighted by Crippen LogP contribution is 2.50. The molecule has 2 aromatic rings. The van der Waals surface area contributed by atoms with Crippen LogP contribution in [0.1, 0.15) is 29.2 Å². The van der Waals surface area contributed by atoms with Crippen LogP contribution in [0, 0.1) is 0 Å². The number of allylic oxidation sites excluding steroid dienone is 2. The van der Waals surface area contributed by atoms with Crippen LogP contribution in [0.3, 0.4) is 0 Å². The third-order valence-electron chi connectivity index (χ3n) is 5.16. The van der Waals surface area contributed by atoms with E-state index in [-0.39, 0.29) is 0 Å². The lowest BCUT2D eigenvalue weighted by Crippen LogP contribution is -2.51. The minimum Gasteiger partial charge on any atom is -0.377 e. The molecule has 2 atom stereocenters. The first-order chi connectivity index (χ1) is 11.6. The SMILES string of the molecule is CC1=CC=CC2(O)c3ccccc3COCc3ccccc3C12O. The van der Waals surface area contributed by atoms with Gasteiger partial charge in [0, 0.05) is 0 Å². The first kappa shape index (κ1) is 15.3. The summed E-state index contributed by atoms with van der Waals surface area (Å²) in [6.45, 7) is 2.63. The van der Waals surface area contributed by atoms with E-state index in [1.54, 1.807) is 6.08 Å². The Balaban J connectivity index is 2.08. The fourth-order valence-electron chi connectivity index (χ4n) is 3.86. The van der Waals surface area contributed by atoms with Crippen LogP contribution in [-0.4, -0.2) is 10.2 Å². The largest absolute Gasteiger partial charge is 0.377 e. The third-order valence-corrected chi connectivity index (χ3v) is 5.16. The summed E-state index contributed by atoms with van der Waals surface area (Å²) in [6, 6.07) is 15.2. The van der Waals surface area contributed by atoms with E-state index in [1.165, 1.54) is 0 Å². The molecule has 122 valence electrons. The van der Waals surface area contributed by atoms with Gasteiger partial charge in [0.25, 0.3) is 0 Å². The lowest BCUT2D eigenvalue weighted by Gasteiger charge is -2.46. The van der Waals surface area contributed by atoms with Gasteiger partial charge in [0.2, 0.25) is 0 Å².